The molecule has 3 rings (SSSR count). The van der Waals surface area contributed by atoms with Crippen LogP contribution in [0.4, 0.5) is 24.5 Å². The number of carbonyl (C=O) groups excluding carboxylic acids is 1. The number of nitrogens with zero attached hydrogens (tertiary/aromatic N) is 1. The number of hydrogen-bond acceptors (Lipinski definition) is 3. The number of fused-ring (bicyclic) bond motifs is 1. The summed E-state index contributed by atoms with van der Waals surface area (Å²) < 4.78 is 38.3. The molecule has 7 heteroatoms. The van der Waals surface area contributed by atoms with E-state index < -0.39 is 17.6 Å². The molecule has 0 fully saturated rings. The van der Waals surface area contributed by atoms with Gasteiger partial charge in [-0.15, -0.1) is 11.8 Å². The van der Waals surface area contributed by atoms with Crippen molar-refractivity contribution in [1.82, 2.24) is 0 Å². The molecule has 0 radical (unpaired) electrons. The van der Waals surface area contributed by atoms with Crippen molar-refractivity contribution in [2.24, 2.45) is 0 Å². The van der Waals surface area contributed by atoms with E-state index in [-0.39, 0.29) is 5.69 Å². The van der Waals surface area contributed by atoms with Crippen molar-refractivity contribution < 1.29 is 18.0 Å². The van der Waals surface area contributed by atoms with Crippen molar-refractivity contribution in [2.75, 3.05) is 29.1 Å². The number of benzene rings is 2. The van der Waals surface area contributed by atoms with Crippen LogP contribution < -0.4 is 10.2 Å². The predicted octanol–water partition coefficient (Wildman–Crippen LogP) is 4.89. The lowest BCUT2D eigenvalue weighted by atomic mass is 10.1. The van der Waals surface area contributed by atoms with Gasteiger partial charge in [0.25, 0.3) is 5.91 Å². The molecule has 3 nitrogen and oxygen atoms in total. The van der Waals surface area contributed by atoms with Crippen LogP contribution in [-0.4, -0.2) is 24.7 Å². The van der Waals surface area contributed by atoms with Crippen molar-refractivity contribution in [1.29, 1.82) is 0 Å². The van der Waals surface area contributed by atoms with Gasteiger partial charge in [0, 0.05) is 35.0 Å². The number of halogens is 3. The van der Waals surface area contributed by atoms with E-state index in [9.17, 15) is 18.0 Å². The summed E-state index contributed by atoms with van der Waals surface area (Å²) in [5.41, 5.74) is 0.760. The fraction of sp³-hybridized carbons (Fsp3) is 0.278. The zero-order chi connectivity index (χ0) is 18.0. The molecule has 1 aliphatic heterocycles. The third-order valence-corrected chi connectivity index (χ3v) is 5.05. The first-order valence-electron chi connectivity index (χ1n) is 7.89. The van der Waals surface area contributed by atoms with Crippen LogP contribution in [0.2, 0.25) is 0 Å². The summed E-state index contributed by atoms with van der Waals surface area (Å²) >= 11 is 1.74. The first-order valence-corrected chi connectivity index (χ1v) is 8.87. The number of nitrogens with one attached hydrogen (secondary N) is 1. The molecule has 0 atom stereocenters. The summed E-state index contributed by atoms with van der Waals surface area (Å²) in [6.07, 6.45) is -4.44. The van der Waals surface area contributed by atoms with Crippen LogP contribution in [-0.2, 0) is 6.18 Å². The van der Waals surface area contributed by atoms with Crippen molar-refractivity contribution in [3.05, 3.63) is 53.6 Å². The number of carbonyl (C=O) groups is 1. The van der Waals surface area contributed by atoms with Crippen molar-refractivity contribution in [3.8, 4) is 0 Å². The van der Waals surface area contributed by atoms with Gasteiger partial charge in [-0.1, -0.05) is 6.07 Å². The molecule has 1 amide bonds. The molecule has 1 heterocycles. The Labute approximate surface area is 148 Å². The Balaban J connectivity index is 1.83. The molecular weight excluding hydrogens is 349 g/mol. The summed E-state index contributed by atoms with van der Waals surface area (Å²) in [5.74, 6) is 0.574. The molecule has 0 saturated carbocycles. The first kappa shape index (κ1) is 17.7. The summed E-state index contributed by atoms with van der Waals surface area (Å²) in [6, 6.07) is 10.0. The number of anilines is 2. The lowest BCUT2D eigenvalue weighted by Crippen LogP contribution is -2.29. The highest BCUT2D eigenvalue weighted by atomic mass is 32.2. The van der Waals surface area contributed by atoms with E-state index in [1.807, 2.05) is 6.07 Å². The van der Waals surface area contributed by atoms with E-state index in [4.69, 9.17) is 0 Å². The Morgan fingerprint density at radius 2 is 2.04 bits per heavy atom. The average molecular weight is 366 g/mol. The third kappa shape index (κ3) is 3.92. The van der Waals surface area contributed by atoms with Gasteiger partial charge in [0.2, 0.25) is 0 Å². The second kappa shape index (κ2) is 7.00. The minimum Gasteiger partial charge on any atom is -0.370 e. The Kier molecular flexibility index (Phi) is 4.94. The number of hydrogen-bond donors (Lipinski definition) is 1. The largest absolute Gasteiger partial charge is 0.416 e. The zero-order valence-electron chi connectivity index (χ0n) is 13.6. The molecule has 0 aromatic heterocycles. The Hall–Kier alpha value is -2.15. The van der Waals surface area contributed by atoms with E-state index in [1.54, 1.807) is 23.9 Å². The van der Waals surface area contributed by atoms with E-state index in [0.717, 1.165) is 41.6 Å². The van der Waals surface area contributed by atoms with Crippen LogP contribution in [0.25, 0.3) is 0 Å². The topological polar surface area (TPSA) is 32.3 Å². The van der Waals surface area contributed by atoms with Gasteiger partial charge in [-0.2, -0.15) is 13.2 Å². The van der Waals surface area contributed by atoms with Crippen LogP contribution in [0.15, 0.2) is 47.4 Å². The number of amides is 1. The van der Waals surface area contributed by atoms with Gasteiger partial charge in [0.05, 0.1) is 11.3 Å². The van der Waals surface area contributed by atoms with Crippen molar-refractivity contribution >= 4 is 29.0 Å². The van der Waals surface area contributed by atoms with E-state index in [0.29, 0.717) is 5.56 Å². The Morgan fingerprint density at radius 1 is 1.24 bits per heavy atom. The highest BCUT2D eigenvalue weighted by Gasteiger charge is 2.30. The number of thioether (sulfide) groups is 1. The van der Waals surface area contributed by atoms with E-state index in [1.165, 1.54) is 12.1 Å². The van der Waals surface area contributed by atoms with Crippen LogP contribution in [0.3, 0.4) is 0 Å². The second-order valence-corrected chi connectivity index (χ2v) is 6.78. The average Bonchev–Trinajstić information content (AvgIpc) is 2.60. The quantitative estimate of drug-likeness (QED) is 0.839. The third-order valence-electron chi connectivity index (χ3n) is 4.01. The van der Waals surface area contributed by atoms with Gasteiger partial charge in [-0.25, -0.2) is 0 Å². The fourth-order valence-corrected chi connectivity index (χ4v) is 3.75. The maximum absolute atomic E-state index is 12.8. The molecule has 132 valence electrons. The predicted molar refractivity (Wildman–Crippen MR) is 94.5 cm³/mol. The van der Waals surface area contributed by atoms with Gasteiger partial charge in [0.15, 0.2) is 0 Å². The molecule has 0 unspecified atom stereocenters. The SMILES string of the molecule is CCN1CCSc2ccc(C(=O)Nc3cccc(C(F)(F)F)c3)cc21. The van der Waals surface area contributed by atoms with Crippen LogP contribution in [0.5, 0.6) is 0 Å². The Morgan fingerprint density at radius 3 is 2.76 bits per heavy atom. The summed E-state index contributed by atoms with van der Waals surface area (Å²) in [6.45, 7) is 3.80. The highest BCUT2D eigenvalue weighted by Crippen LogP contribution is 2.35. The van der Waals surface area contributed by atoms with Gasteiger partial charge in [-0.05, 0) is 43.3 Å². The fourth-order valence-electron chi connectivity index (χ4n) is 2.72. The number of rotatable bonds is 3. The lowest BCUT2D eigenvalue weighted by molar-refractivity contribution is -0.137. The molecular formula is C18H17F3N2OS. The van der Waals surface area contributed by atoms with Gasteiger partial charge < -0.3 is 10.2 Å². The number of alkyl halides is 3. The summed E-state index contributed by atoms with van der Waals surface area (Å²) in [7, 11) is 0. The summed E-state index contributed by atoms with van der Waals surface area (Å²) in [4.78, 5) is 15.7. The normalized spacial score (nSPS) is 14.2. The molecule has 0 spiro atoms. The van der Waals surface area contributed by atoms with Gasteiger partial charge >= 0.3 is 6.18 Å². The molecule has 0 saturated heterocycles. The zero-order valence-corrected chi connectivity index (χ0v) is 14.4. The monoisotopic (exact) mass is 366 g/mol. The van der Waals surface area contributed by atoms with Gasteiger partial charge in [-0.3, -0.25) is 4.79 Å². The first-order chi connectivity index (χ1) is 11.9. The molecule has 1 N–H and O–H groups in total. The minimum absolute atomic E-state index is 0.124. The van der Waals surface area contributed by atoms with Crippen molar-refractivity contribution in [2.45, 2.75) is 18.0 Å². The maximum atomic E-state index is 12.8. The summed E-state index contributed by atoms with van der Waals surface area (Å²) in [5, 5.41) is 2.55. The minimum atomic E-state index is -4.44. The van der Waals surface area contributed by atoms with Crippen LogP contribution in [0.1, 0.15) is 22.8 Å². The maximum Gasteiger partial charge on any atom is 0.416 e. The van der Waals surface area contributed by atoms with Crippen molar-refractivity contribution in [3.63, 3.8) is 0 Å². The van der Waals surface area contributed by atoms with Gasteiger partial charge in [0.1, 0.15) is 0 Å². The highest BCUT2D eigenvalue weighted by molar-refractivity contribution is 7.99. The molecule has 1 aliphatic rings. The smallest absolute Gasteiger partial charge is 0.370 e. The van der Waals surface area contributed by atoms with E-state index >= 15 is 0 Å². The van der Waals surface area contributed by atoms with Crippen LogP contribution in [0, 0.1) is 0 Å². The van der Waals surface area contributed by atoms with Crippen LogP contribution >= 0.6 is 11.8 Å². The molecule has 0 aliphatic carbocycles. The molecule has 2 aromatic carbocycles. The second-order valence-electron chi connectivity index (χ2n) is 5.64. The standard InChI is InChI=1S/C18H17F3N2OS/c1-2-23-8-9-25-16-7-6-12(10-15(16)23)17(24)22-14-5-3-4-13(11-14)18(19,20)21/h3-7,10-11H,2,8-9H2,1H3,(H,22,24). The van der Waals surface area contributed by atoms with E-state index in [2.05, 4.69) is 17.1 Å². The Bertz CT molecular complexity index is 792. The molecule has 0 bridgehead atoms. The molecule has 2 aromatic rings. The molecule has 25 heavy (non-hydrogen) atoms. The lowest BCUT2D eigenvalue weighted by Gasteiger charge is -2.30.